The Morgan fingerprint density at radius 2 is 1.69 bits per heavy atom. The molecule has 0 aliphatic carbocycles. The smallest absolute Gasteiger partial charge is 0.336 e. The van der Waals surface area contributed by atoms with Crippen LogP contribution in [0.1, 0.15) is 6.92 Å². The molecular weight excluding hydrogens is 356 g/mol. The fourth-order valence-electron chi connectivity index (χ4n) is 3.11. The molecule has 2 N–H and O–H groups in total. The molecule has 1 aliphatic rings. The van der Waals surface area contributed by atoms with Gasteiger partial charge in [0.2, 0.25) is 10.0 Å². The highest BCUT2D eigenvalue weighted by molar-refractivity contribution is 7.89. The molecule has 26 heavy (non-hydrogen) atoms. The van der Waals surface area contributed by atoms with Crippen LogP contribution >= 0.6 is 0 Å². The van der Waals surface area contributed by atoms with E-state index in [9.17, 15) is 18.3 Å². The number of fused-ring (bicyclic) bond motifs is 1. The van der Waals surface area contributed by atoms with Gasteiger partial charge >= 0.3 is 5.97 Å². The Balaban J connectivity index is 1.72. The number of hydrogen-bond donors (Lipinski definition) is 2. The van der Waals surface area contributed by atoms with Crippen molar-refractivity contribution in [1.82, 2.24) is 9.21 Å². The predicted octanol–water partition coefficient (Wildman–Crippen LogP) is 0.982. The van der Waals surface area contributed by atoms with Gasteiger partial charge in [-0.2, -0.15) is 4.31 Å². The second-order valence-electron chi connectivity index (χ2n) is 6.77. The highest BCUT2D eigenvalue weighted by atomic mass is 32.2. The SMILES string of the molecule is CC(O)(CN1CCN(S(=O)(=O)c2ccc3ccccc3c2)CC1)C(=O)O. The van der Waals surface area contributed by atoms with Gasteiger partial charge in [0.25, 0.3) is 0 Å². The maximum absolute atomic E-state index is 12.9. The van der Waals surface area contributed by atoms with Gasteiger partial charge in [0, 0.05) is 32.7 Å². The summed E-state index contributed by atoms with van der Waals surface area (Å²) in [7, 11) is -3.61. The molecule has 2 aromatic carbocycles. The Morgan fingerprint density at radius 3 is 2.31 bits per heavy atom. The summed E-state index contributed by atoms with van der Waals surface area (Å²) in [6.07, 6.45) is 0. The van der Waals surface area contributed by atoms with Crippen molar-refractivity contribution < 1.29 is 23.4 Å². The minimum atomic E-state index is -3.61. The van der Waals surface area contributed by atoms with Gasteiger partial charge in [-0.3, -0.25) is 4.90 Å². The first-order valence-electron chi connectivity index (χ1n) is 8.37. The molecule has 1 atom stereocenters. The largest absolute Gasteiger partial charge is 0.479 e. The number of hydrogen-bond acceptors (Lipinski definition) is 5. The Bertz CT molecular complexity index is 918. The van der Waals surface area contributed by atoms with Crippen LogP contribution in [-0.4, -0.2) is 72.1 Å². The third kappa shape index (κ3) is 3.73. The Morgan fingerprint density at radius 1 is 1.08 bits per heavy atom. The van der Waals surface area contributed by atoms with Gasteiger partial charge in [0.05, 0.1) is 4.90 Å². The number of nitrogens with zero attached hydrogens (tertiary/aromatic N) is 2. The topological polar surface area (TPSA) is 98.2 Å². The lowest BCUT2D eigenvalue weighted by Gasteiger charge is -2.36. The zero-order valence-electron chi connectivity index (χ0n) is 14.5. The monoisotopic (exact) mass is 378 g/mol. The molecule has 1 heterocycles. The number of carbonyl (C=O) groups is 1. The molecule has 1 aliphatic heterocycles. The van der Waals surface area contributed by atoms with Gasteiger partial charge in [-0.25, -0.2) is 13.2 Å². The van der Waals surface area contributed by atoms with Gasteiger partial charge < -0.3 is 10.2 Å². The summed E-state index contributed by atoms with van der Waals surface area (Å²) in [5.41, 5.74) is -1.85. The fraction of sp³-hybridized carbons (Fsp3) is 0.389. The van der Waals surface area contributed by atoms with Crippen LogP contribution < -0.4 is 0 Å². The number of aliphatic hydroxyl groups is 1. The molecule has 1 fully saturated rings. The third-order valence-corrected chi connectivity index (χ3v) is 6.58. The van der Waals surface area contributed by atoms with Crippen molar-refractivity contribution in [2.24, 2.45) is 0 Å². The highest BCUT2D eigenvalue weighted by Crippen LogP contribution is 2.23. The van der Waals surface area contributed by atoms with Crippen LogP contribution in [0.3, 0.4) is 0 Å². The first-order valence-corrected chi connectivity index (χ1v) is 9.81. The Hall–Kier alpha value is -2.00. The average Bonchev–Trinajstić information content (AvgIpc) is 2.61. The maximum atomic E-state index is 12.9. The molecule has 0 saturated carbocycles. The summed E-state index contributed by atoms with van der Waals surface area (Å²) in [6.45, 7) is 2.46. The van der Waals surface area contributed by atoms with Crippen LogP contribution in [0.25, 0.3) is 10.8 Å². The van der Waals surface area contributed by atoms with Crippen molar-refractivity contribution in [2.45, 2.75) is 17.4 Å². The lowest BCUT2D eigenvalue weighted by Crippen LogP contribution is -2.54. The van der Waals surface area contributed by atoms with E-state index < -0.39 is 21.6 Å². The van der Waals surface area contributed by atoms with Gasteiger partial charge in [0.15, 0.2) is 5.60 Å². The van der Waals surface area contributed by atoms with Crippen LogP contribution in [0, 0.1) is 0 Å². The first kappa shape index (κ1) is 18.8. The summed E-state index contributed by atoms with van der Waals surface area (Å²) in [6, 6.07) is 12.7. The molecule has 1 saturated heterocycles. The standard InChI is InChI=1S/C18H22N2O5S/c1-18(23,17(21)22)13-19-8-10-20(11-9-19)26(24,25)16-7-6-14-4-2-3-5-15(14)12-16/h2-7,12,23H,8-11,13H2,1H3,(H,21,22). The van der Waals surface area contributed by atoms with Crippen LogP contribution in [0.5, 0.6) is 0 Å². The van der Waals surface area contributed by atoms with E-state index in [0.29, 0.717) is 13.1 Å². The Labute approximate surface area is 152 Å². The van der Waals surface area contributed by atoms with E-state index in [2.05, 4.69) is 0 Å². The molecule has 3 rings (SSSR count). The van der Waals surface area contributed by atoms with Crippen molar-refractivity contribution >= 4 is 26.8 Å². The molecule has 140 valence electrons. The van der Waals surface area contributed by atoms with E-state index in [-0.39, 0.29) is 24.5 Å². The summed E-state index contributed by atoms with van der Waals surface area (Å²) in [5.74, 6) is -1.29. The van der Waals surface area contributed by atoms with Gasteiger partial charge in [0.1, 0.15) is 0 Å². The first-order chi connectivity index (χ1) is 12.2. The summed E-state index contributed by atoms with van der Waals surface area (Å²) in [4.78, 5) is 13.0. The van der Waals surface area contributed by atoms with E-state index >= 15 is 0 Å². The van der Waals surface area contributed by atoms with Crippen LogP contribution in [0.2, 0.25) is 0 Å². The zero-order chi connectivity index (χ0) is 18.9. The molecule has 8 heteroatoms. The number of β-amino-alcohol motifs (C(OH)–C–C–N with tert-alkyl or cyclic N) is 1. The van der Waals surface area contributed by atoms with Crippen LogP contribution in [-0.2, 0) is 14.8 Å². The minimum absolute atomic E-state index is 0.0355. The van der Waals surface area contributed by atoms with E-state index in [4.69, 9.17) is 5.11 Å². The maximum Gasteiger partial charge on any atom is 0.336 e. The number of carboxylic acids is 1. The number of aliphatic carboxylic acids is 1. The Kier molecular flexibility index (Phi) is 5.03. The van der Waals surface area contributed by atoms with E-state index in [1.807, 2.05) is 24.3 Å². The molecule has 2 aromatic rings. The van der Waals surface area contributed by atoms with Crippen molar-refractivity contribution in [3.8, 4) is 0 Å². The normalized spacial score (nSPS) is 19.3. The van der Waals surface area contributed by atoms with Crippen molar-refractivity contribution in [1.29, 1.82) is 0 Å². The number of sulfonamides is 1. The molecule has 0 aromatic heterocycles. The molecule has 0 bridgehead atoms. The molecule has 1 unspecified atom stereocenters. The summed E-state index contributed by atoms with van der Waals surface area (Å²) >= 11 is 0. The van der Waals surface area contributed by atoms with Crippen molar-refractivity contribution in [3.05, 3.63) is 42.5 Å². The van der Waals surface area contributed by atoms with E-state index in [1.165, 1.54) is 11.2 Å². The predicted molar refractivity (Wildman–Crippen MR) is 97.4 cm³/mol. The third-order valence-electron chi connectivity index (χ3n) is 4.68. The number of benzene rings is 2. The summed E-state index contributed by atoms with van der Waals surface area (Å²) < 4.78 is 27.2. The number of carboxylic acid groups (broad SMARTS) is 1. The zero-order valence-corrected chi connectivity index (χ0v) is 15.3. The van der Waals surface area contributed by atoms with Crippen molar-refractivity contribution in [3.63, 3.8) is 0 Å². The van der Waals surface area contributed by atoms with Crippen LogP contribution in [0.4, 0.5) is 0 Å². The quantitative estimate of drug-likeness (QED) is 0.805. The highest BCUT2D eigenvalue weighted by Gasteiger charge is 2.35. The molecule has 7 nitrogen and oxygen atoms in total. The van der Waals surface area contributed by atoms with Crippen LogP contribution in [0.15, 0.2) is 47.4 Å². The lowest BCUT2D eigenvalue weighted by molar-refractivity contribution is -0.158. The fourth-order valence-corrected chi connectivity index (χ4v) is 4.57. The second-order valence-corrected chi connectivity index (χ2v) is 8.71. The lowest BCUT2D eigenvalue weighted by atomic mass is 10.1. The van der Waals surface area contributed by atoms with Gasteiger partial charge in [-0.05, 0) is 29.8 Å². The molecule has 0 amide bonds. The molecular formula is C18H22N2O5S. The van der Waals surface area contributed by atoms with Crippen molar-refractivity contribution in [2.75, 3.05) is 32.7 Å². The number of rotatable bonds is 5. The van der Waals surface area contributed by atoms with Gasteiger partial charge in [-0.1, -0.05) is 30.3 Å². The van der Waals surface area contributed by atoms with Gasteiger partial charge in [-0.15, -0.1) is 0 Å². The molecule has 0 spiro atoms. The second kappa shape index (κ2) is 6.96. The average molecular weight is 378 g/mol. The number of piperazine rings is 1. The molecule has 0 radical (unpaired) electrons. The summed E-state index contributed by atoms with van der Waals surface area (Å²) in [5, 5.41) is 20.7. The van der Waals surface area contributed by atoms with E-state index in [0.717, 1.165) is 10.8 Å². The minimum Gasteiger partial charge on any atom is -0.479 e. The van der Waals surface area contributed by atoms with E-state index in [1.54, 1.807) is 23.1 Å².